The van der Waals surface area contributed by atoms with Crippen LogP contribution in [0.25, 0.3) is 11.5 Å². The van der Waals surface area contributed by atoms with Gasteiger partial charge in [0.25, 0.3) is 10.2 Å². The molecule has 0 unspecified atom stereocenters. The number of piperazine rings is 1. The number of nitrogens with two attached hydrogens (primary N) is 1. The molecule has 0 amide bonds. The second-order valence-electron chi connectivity index (χ2n) is 5.59. The third kappa shape index (κ3) is 3.94. The van der Waals surface area contributed by atoms with Gasteiger partial charge in [0.15, 0.2) is 0 Å². The fourth-order valence-electron chi connectivity index (χ4n) is 2.55. The van der Waals surface area contributed by atoms with Crippen LogP contribution in [-0.2, 0) is 16.8 Å². The molecule has 9 heteroatoms. The first-order chi connectivity index (χ1) is 10.9. The van der Waals surface area contributed by atoms with Crippen LogP contribution >= 0.6 is 0 Å². The molecule has 1 fully saturated rings. The second-order valence-corrected chi connectivity index (χ2v) is 7.14. The molecular formula is C14H19N5O3S. The summed E-state index contributed by atoms with van der Waals surface area (Å²) in [5, 5.41) is 13.3. The molecule has 3 rings (SSSR count). The summed E-state index contributed by atoms with van der Waals surface area (Å²) in [6, 6.07) is 7.87. The second kappa shape index (κ2) is 6.36. The number of nitrogens with zero attached hydrogens (tertiary/aromatic N) is 4. The zero-order chi connectivity index (χ0) is 16.4. The molecule has 0 atom stereocenters. The molecule has 1 aliphatic rings. The zero-order valence-electron chi connectivity index (χ0n) is 12.8. The molecule has 2 N–H and O–H groups in total. The van der Waals surface area contributed by atoms with Crippen molar-refractivity contribution in [1.29, 1.82) is 0 Å². The Kier molecular flexibility index (Phi) is 4.44. The fourth-order valence-corrected chi connectivity index (χ4v) is 3.22. The fraction of sp³-hybridized carbons (Fsp3) is 0.429. The maximum absolute atomic E-state index is 11.3. The van der Waals surface area contributed by atoms with E-state index in [1.165, 1.54) is 4.31 Å². The number of benzene rings is 1. The lowest BCUT2D eigenvalue weighted by Gasteiger charge is -2.31. The lowest BCUT2D eigenvalue weighted by molar-refractivity contribution is 0.168. The minimum atomic E-state index is -3.60. The Balaban J connectivity index is 1.62. The van der Waals surface area contributed by atoms with Gasteiger partial charge in [0.05, 0.1) is 6.54 Å². The lowest BCUT2D eigenvalue weighted by Crippen LogP contribution is -2.50. The van der Waals surface area contributed by atoms with E-state index in [2.05, 4.69) is 15.1 Å². The van der Waals surface area contributed by atoms with Crippen LogP contribution in [0.2, 0.25) is 0 Å². The molecule has 2 heterocycles. The van der Waals surface area contributed by atoms with Crippen LogP contribution in [0.15, 0.2) is 28.7 Å². The van der Waals surface area contributed by atoms with Gasteiger partial charge >= 0.3 is 0 Å². The first kappa shape index (κ1) is 16.1. The monoisotopic (exact) mass is 337 g/mol. The minimum absolute atomic E-state index is 0.373. The van der Waals surface area contributed by atoms with E-state index < -0.39 is 10.2 Å². The van der Waals surface area contributed by atoms with E-state index in [4.69, 9.17) is 9.56 Å². The molecule has 1 aliphatic heterocycles. The topological polar surface area (TPSA) is 106 Å². The quantitative estimate of drug-likeness (QED) is 0.864. The molecular weight excluding hydrogens is 318 g/mol. The molecule has 1 aromatic heterocycles. The van der Waals surface area contributed by atoms with Gasteiger partial charge in [-0.1, -0.05) is 17.7 Å². The van der Waals surface area contributed by atoms with E-state index in [0.29, 0.717) is 44.5 Å². The lowest BCUT2D eigenvalue weighted by atomic mass is 10.1. The van der Waals surface area contributed by atoms with Gasteiger partial charge in [-0.25, -0.2) is 5.14 Å². The normalized spacial score (nSPS) is 17.5. The van der Waals surface area contributed by atoms with Gasteiger partial charge in [-0.3, -0.25) is 4.90 Å². The highest BCUT2D eigenvalue weighted by Crippen LogP contribution is 2.19. The maximum atomic E-state index is 11.3. The molecule has 0 spiro atoms. The van der Waals surface area contributed by atoms with E-state index in [9.17, 15) is 8.42 Å². The van der Waals surface area contributed by atoms with Gasteiger partial charge in [0, 0.05) is 31.7 Å². The highest BCUT2D eigenvalue weighted by atomic mass is 32.2. The van der Waals surface area contributed by atoms with Gasteiger partial charge in [-0.2, -0.15) is 12.7 Å². The summed E-state index contributed by atoms with van der Waals surface area (Å²) in [5.74, 6) is 1.01. The van der Waals surface area contributed by atoms with Crippen LogP contribution in [0.5, 0.6) is 0 Å². The Labute approximate surface area is 135 Å². The number of rotatable bonds is 4. The van der Waals surface area contributed by atoms with Crippen molar-refractivity contribution >= 4 is 10.2 Å². The third-order valence-electron chi connectivity index (χ3n) is 3.78. The first-order valence-corrected chi connectivity index (χ1v) is 8.82. The van der Waals surface area contributed by atoms with Crippen molar-refractivity contribution in [2.45, 2.75) is 13.5 Å². The summed E-state index contributed by atoms with van der Waals surface area (Å²) in [6.45, 7) is 4.41. The highest BCUT2D eigenvalue weighted by molar-refractivity contribution is 7.86. The van der Waals surface area contributed by atoms with E-state index in [1.807, 2.05) is 31.2 Å². The molecule has 0 radical (unpaired) electrons. The standard InChI is InChI=1S/C14H19N5O3S/c1-11-3-2-4-12(9-11)14-17-16-13(22-14)10-18-5-7-19(8-6-18)23(15,20)21/h2-4,9H,5-8,10H2,1H3,(H2,15,20,21). The van der Waals surface area contributed by atoms with Gasteiger partial charge in [0.1, 0.15) is 0 Å². The summed E-state index contributed by atoms with van der Waals surface area (Å²) in [6.07, 6.45) is 0. The van der Waals surface area contributed by atoms with Crippen molar-refractivity contribution in [2.24, 2.45) is 5.14 Å². The molecule has 1 aromatic carbocycles. The SMILES string of the molecule is Cc1cccc(-c2nnc(CN3CCN(S(N)(=O)=O)CC3)o2)c1. The maximum Gasteiger partial charge on any atom is 0.276 e. The molecule has 1 saturated heterocycles. The van der Waals surface area contributed by atoms with Crippen LogP contribution in [0.4, 0.5) is 0 Å². The Morgan fingerprint density at radius 2 is 1.96 bits per heavy atom. The van der Waals surface area contributed by atoms with Gasteiger partial charge < -0.3 is 4.42 Å². The molecule has 124 valence electrons. The summed E-state index contributed by atoms with van der Waals surface area (Å²) in [4.78, 5) is 2.06. The average molecular weight is 337 g/mol. The van der Waals surface area contributed by atoms with Crippen LogP contribution in [0.1, 0.15) is 11.5 Å². The van der Waals surface area contributed by atoms with Crippen LogP contribution in [0.3, 0.4) is 0 Å². The minimum Gasteiger partial charge on any atom is -0.419 e. The summed E-state index contributed by atoms with van der Waals surface area (Å²) in [5.41, 5.74) is 2.02. The summed E-state index contributed by atoms with van der Waals surface area (Å²) < 4.78 is 29.5. The highest BCUT2D eigenvalue weighted by Gasteiger charge is 2.24. The molecule has 0 bridgehead atoms. The van der Waals surface area contributed by atoms with E-state index in [1.54, 1.807) is 0 Å². The third-order valence-corrected chi connectivity index (χ3v) is 4.87. The number of hydrogen-bond donors (Lipinski definition) is 1. The smallest absolute Gasteiger partial charge is 0.276 e. The molecule has 23 heavy (non-hydrogen) atoms. The largest absolute Gasteiger partial charge is 0.419 e. The van der Waals surface area contributed by atoms with Gasteiger partial charge in [-0.05, 0) is 19.1 Å². The Bertz CT molecular complexity index is 781. The van der Waals surface area contributed by atoms with Crippen molar-refractivity contribution in [3.63, 3.8) is 0 Å². The Hall–Kier alpha value is -1.81. The van der Waals surface area contributed by atoms with Crippen molar-refractivity contribution in [3.05, 3.63) is 35.7 Å². The molecule has 0 saturated carbocycles. The van der Waals surface area contributed by atoms with Crippen molar-refractivity contribution in [2.75, 3.05) is 26.2 Å². The molecule has 2 aromatic rings. The Morgan fingerprint density at radius 1 is 1.22 bits per heavy atom. The number of aromatic nitrogens is 2. The number of hydrogen-bond acceptors (Lipinski definition) is 6. The number of aryl methyl sites for hydroxylation is 1. The predicted octanol–water partition coefficient (Wildman–Crippen LogP) is 0.366. The van der Waals surface area contributed by atoms with Crippen molar-refractivity contribution in [3.8, 4) is 11.5 Å². The van der Waals surface area contributed by atoms with Crippen molar-refractivity contribution in [1.82, 2.24) is 19.4 Å². The van der Waals surface area contributed by atoms with E-state index >= 15 is 0 Å². The average Bonchev–Trinajstić information content (AvgIpc) is 2.95. The van der Waals surface area contributed by atoms with Gasteiger partial charge in [-0.15, -0.1) is 10.2 Å². The summed E-state index contributed by atoms with van der Waals surface area (Å²) >= 11 is 0. The zero-order valence-corrected chi connectivity index (χ0v) is 13.7. The molecule has 8 nitrogen and oxygen atoms in total. The van der Waals surface area contributed by atoms with E-state index in [-0.39, 0.29) is 0 Å². The first-order valence-electron chi connectivity index (χ1n) is 7.31. The van der Waals surface area contributed by atoms with Crippen LogP contribution < -0.4 is 5.14 Å². The van der Waals surface area contributed by atoms with Gasteiger partial charge in [0.2, 0.25) is 11.8 Å². The predicted molar refractivity (Wildman–Crippen MR) is 84.4 cm³/mol. The van der Waals surface area contributed by atoms with Crippen molar-refractivity contribution < 1.29 is 12.8 Å². The Morgan fingerprint density at radius 3 is 2.61 bits per heavy atom. The summed E-state index contributed by atoms with van der Waals surface area (Å²) in [7, 11) is -3.60. The van der Waals surface area contributed by atoms with Crippen LogP contribution in [-0.4, -0.2) is 54.0 Å². The van der Waals surface area contributed by atoms with Crippen LogP contribution in [0, 0.1) is 6.92 Å². The molecule has 0 aliphatic carbocycles. The van der Waals surface area contributed by atoms with E-state index in [0.717, 1.165) is 11.1 Å².